The second-order valence-electron chi connectivity index (χ2n) is 7.10. The number of para-hydroxylation sites is 1. The smallest absolute Gasteiger partial charge is 0.0843 e. The van der Waals surface area contributed by atoms with Crippen LogP contribution in [0.3, 0.4) is 0 Å². The van der Waals surface area contributed by atoms with Crippen molar-refractivity contribution in [3.05, 3.63) is 30.0 Å². The van der Waals surface area contributed by atoms with Crippen LogP contribution in [0.25, 0.3) is 10.9 Å². The fourth-order valence-corrected chi connectivity index (χ4v) is 4.39. The Labute approximate surface area is 151 Å². The largest absolute Gasteiger partial charge is 0.314 e. The van der Waals surface area contributed by atoms with E-state index in [2.05, 4.69) is 46.1 Å². The van der Waals surface area contributed by atoms with Crippen LogP contribution in [0.1, 0.15) is 38.3 Å². The highest BCUT2D eigenvalue weighted by Gasteiger charge is 2.28. The summed E-state index contributed by atoms with van der Waals surface area (Å²) in [5.74, 6) is 0.888. The molecule has 1 aromatic heterocycles. The van der Waals surface area contributed by atoms with E-state index in [9.17, 15) is 0 Å². The number of benzene rings is 1. The predicted octanol–water partition coefficient (Wildman–Crippen LogP) is 3.44. The molecule has 0 saturated carbocycles. The van der Waals surface area contributed by atoms with Gasteiger partial charge in [-0.05, 0) is 64.2 Å². The molecule has 24 heavy (non-hydrogen) atoms. The average molecular weight is 349 g/mol. The number of halogens is 1. The van der Waals surface area contributed by atoms with Crippen molar-refractivity contribution in [3.63, 3.8) is 0 Å². The normalized spacial score (nSPS) is 22.8. The van der Waals surface area contributed by atoms with Crippen LogP contribution in [-0.4, -0.2) is 40.4 Å². The van der Waals surface area contributed by atoms with Gasteiger partial charge in [0.15, 0.2) is 0 Å². The van der Waals surface area contributed by atoms with Gasteiger partial charge >= 0.3 is 0 Å². The van der Waals surface area contributed by atoms with Gasteiger partial charge in [0.05, 0.1) is 11.2 Å². The molecule has 1 atom stereocenters. The summed E-state index contributed by atoms with van der Waals surface area (Å²) in [5.41, 5.74) is 2.52. The van der Waals surface area contributed by atoms with Crippen LogP contribution >= 0.6 is 12.4 Å². The third kappa shape index (κ3) is 3.46. The number of likely N-dealkylation sites (tertiary alicyclic amines) is 1. The predicted molar refractivity (Wildman–Crippen MR) is 102 cm³/mol. The Kier molecular flexibility index (Phi) is 5.80. The lowest BCUT2D eigenvalue weighted by atomic mass is 9.88. The molecule has 0 aliphatic carbocycles. The van der Waals surface area contributed by atoms with Gasteiger partial charge in [-0.25, -0.2) is 0 Å². The number of rotatable bonds is 4. The van der Waals surface area contributed by atoms with E-state index in [0.717, 1.165) is 25.0 Å². The number of aryl methyl sites for hydroxylation is 1. The van der Waals surface area contributed by atoms with E-state index in [1.54, 1.807) is 0 Å². The molecule has 1 unspecified atom stereocenters. The Morgan fingerprint density at radius 3 is 2.67 bits per heavy atom. The SMILES string of the molecule is CCn1nc(CN2CCC(C3CCCN3)CC2)c2ccccc21.Cl. The molecule has 0 radical (unpaired) electrons. The summed E-state index contributed by atoms with van der Waals surface area (Å²) in [7, 11) is 0. The molecule has 4 nitrogen and oxygen atoms in total. The van der Waals surface area contributed by atoms with Crippen LogP contribution in [0.2, 0.25) is 0 Å². The summed E-state index contributed by atoms with van der Waals surface area (Å²) in [4.78, 5) is 2.60. The van der Waals surface area contributed by atoms with Crippen LogP contribution in [0.5, 0.6) is 0 Å². The second-order valence-corrected chi connectivity index (χ2v) is 7.10. The van der Waals surface area contributed by atoms with Gasteiger partial charge in [-0.2, -0.15) is 5.10 Å². The van der Waals surface area contributed by atoms with E-state index in [4.69, 9.17) is 5.10 Å². The summed E-state index contributed by atoms with van der Waals surface area (Å²) >= 11 is 0. The highest BCUT2D eigenvalue weighted by atomic mass is 35.5. The van der Waals surface area contributed by atoms with Crippen molar-refractivity contribution >= 4 is 23.3 Å². The Morgan fingerprint density at radius 1 is 1.17 bits per heavy atom. The number of nitrogens with one attached hydrogen (secondary N) is 1. The van der Waals surface area contributed by atoms with Crippen molar-refractivity contribution in [3.8, 4) is 0 Å². The molecule has 1 aromatic carbocycles. The molecule has 4 rings (SSSR count). The lowest BCUT2D eigenvalue weighted by Crippen LogP contribution is -2.40. The lowest BCUT2D eigenvalue weighted by molar-refractivity contribution is 0.156. The average Bonchev–Trinajstić information content (AvgIpc) is 3.24. The lowest BCUT2D eigenvalue weighted by Gasteiger charge is -2.34. The first kappa shape index (κ1) is 17.7. The van der Waals surface area contributed by atoms with Gasteiger partial charge in [0.1, 0.15) is 0 Å². The molecule has 3 heterocycles. The Morgan fingerprint density at radius 2 is 1.96 bits per heavy atom. The van der Waals surface area contributed by atoms with Gasteiger partial charge in [0.2, 0.25) is 0 Å². The van der Waals surface area contributed by atoms with Gasteiger partial charge in [0.25, 0.3) is 0 Å². The van der Waals surface area contributed by atoms with Crippen LogP contribution in [0.15, 0.2) is 24.3 Å². The molecule has 2 aliphatic rings. The molecule has 0 spiro atoms. The quantitative estimate of drug-likeness (QED) is 0.918. The van der Waals surface area contributed by atoms with Gasteiger partial charge in [0, 0.05) is 24.5 Å². The summed E-state index contributed by atoms with van der Waals surface area (Å²) in [5, 5.41) is 9.88. The van der Waals surface area contributed by atoms with Gasteiger partial charge in [-0.3, -0.25) is 9.58 Å². The Hall–Kier alpha value is -1.10. The maximum absolute atomic E-state index is 4.86. The van der Waals surface area contributed by atoms with E-state index in [1.165, 1.54) is 61.9 Å². The molecule has 2 fully saturated rings. The van der Waals surface area contributed by atoms with Gasteiger partial charge in [-0.1, -0.05) is 18.2 Å². The van der Waals surface area contributed by atoms with Crippen molar-refractivity contribution < 1.29 is 0 Å². The van der Waals surface area contributed by atoms with Crippen molar-refractivity contribution in [2.24, 2.45) is 5.92 Å². The van der Waals surface area contributed by atoms with Crippen LogP contribution < -0.4 is 5.32 Å². The van der Waals surface area contributed by atoms with E-state index in [1.807, 2.05) is 0 Å². The number of hydrogen-bond donors (Lipinski definition) is 1. The zero-order chi connectivity index (χ0) is 15.6. The summed E-state index contributed by atoms with van der Waals surface area (Å²) in [6.07, 6.45) is 5.43. The van der Waals surface area contributed by atoms with Gasteiger partial charge < -0.3 is 5.32 Å². The number of fused-ring (bicyclic) bond motifs is 1. The minimum absolute atomic E-state index is 0. The topological polar surface area (TPSA) is 33.1 Å². The fourth-order valence-electron chi connectivity index (χ4n) is 4.39. The third-order valence-electron chi connectivity index (χ3n) is 5.71. The molecule has 2 saturated heterocycles. The Bertz CT molecular complexity index is 654. The van der Waals surface area contributed by atoms with Crippen LogP contribution in [0, 0.1) is 5.92 Å². The maximum atomic E-state index is 4.86. The highest BCUT2D eigenvalue weighted by Crippen LogP contribution is 2.27. The van der Waals surface area contributed by atoms with Crippen molar-refractivity contribution in [1.29, 1.82) is 0 Å². The Balaban J connectivity index is 0.00000169. The molecule has 2 aromatic rings. The first-order chi connectivity index (χ1) is 11.3. The van der Waals surface area contributed by atoms with E-state index >= 15 is 0 Å². The molecule has 0 bridgehead atoms. The first-order valence-electron chi connectivity index (χ1n) is 9.25. The highest BCUT2D eigenvalue weighted by molar-refractivity contribution is 5.85. The molecule has 2 aliphatic heterocycles. The van der Waals surface area contributed by atoms with E-state index < -0.39 is 0 Å². The number of piperidine rings is 1. The van der Waals surface area contributed by atoms with Crippen molar-refractivity contribution in [1.82, 2.24) is 20.0 Å². The monoisotopic (exact) mass is 348 g/mol. The first-order valence-corrected chi connectivity index (χ1v) is 9.25. The minimum Gasteiger partial charge on any atom is -0.314 e. The zero-order valence-electron chi connectivity index (χ0n) is 14.6. The van der Waals surface area contributed by atoms with Crippen molar-refractivity contribution in [2.75, 3.05) is 19.6 Å². The molecular weight excluding hydrogens is 320 g/mol. The molecule has 0 amide bonds. The summed E-state index contributed by atoms with van der Waals surface area (Å²) in [6.45, 7) is 7.77. The number of hydrogen-bond acceptors (Lipinski definition) is 3. The standard InChI is InChI=1S/C19H28N4.ClH/c1-2-23-19-8-4-3-6-16(19)18(21-23)14-22-12-9-15(10-13-22)17-7-5-11-20-17;/h3-4,6,8,15,17,20H,2,5,7,9-14H2,1H3;1H. The summed E-state index contributed by atoms with van der Waals surface area (Å²) < 4.78 is 2.14. The number of aromatic nitrogens is 2. The molecule has 5 heteroatoms. The maximum Gasteiger partial charge on any atom is 0.0843 e. The second kappa shape index (κ2) is 7.85. The minimum atomic E-state index is 0. The van der Waals surface area contributed by atoms with Gasteiger partial charge in [-0.15, -0.1) is 12.4 Å². The fraction of sp³-hybridized carbons (Fsp3) is 0.632. The van der Waals surface area contributed by atoms with E-state index in [-0.39, 0.29) is 12.4 Å². The van der Waals surface area contributed by atoms with Crippen LogP contribution in [0.4, 0.5) is 0 Å². The third-order valence-corrected chi connectivity index (χ3v) is 5.71. The van der Waals surface area contributed by atoms with Crippen LogP contribution in [-0.2, 0) is 13.1 Å². The summed E-state index contributed by atoms with van der Waals surface area (Å²) in [6, 6.07) is 9.44. The number of nitrogens with zero attached hydrogens (tertiary/aromatic N) is 3. The zero-order valence-corrected chi connectivity index (χ0v) is 15.4. The molecular formula is C19H29ClN4. The van der Waals surface area contributed by atoms with Crippen molar-refractivity contribution in [2.45, 2.75) is 51.7 Å². The molecule has 132 valence electrons. The molecule has 1 N–H and O–H groups in total. The van der Waals surface area contributed by atoms with E-state index in [0.29, 0.717) is 0 Å².